The van der Waals surface area contributed by atoms with Crippen LogP contribution in [0, 0.1) is 17.8 Å². The molecule has 3 rings (SSSR count). The third-order valence-corrected chi connectivity index (χ3v) is 6.72. The third kappa shape index (κ3) is 3.96. The van der Waals surface area contributed by atoms with E-state index < -0.39 is 5.60 Å². The van der Waals surface area contributed by atoms with Gasteiger partial charge in [-0.25, -0.2) is 0 Å². The van der Waals surface area contributed by atoms with E-state index in [1.165, 1.54) is 51.4 Å². The fourth-order valence-electron chi connectivity index (χ4n) is 5.15. The fourth-order valence-corrected chi connectivity index (χ4v) is 5.15. The Kier molecular flexibility index (Phi) is 5.86. The maximum Gasteiger partial charge on any atom is 0.119 e. The summed E-state index contributed by atoms with van der Waals surface area (Å²) in [6, 6.07) is 8.01. The summed E-state index contributed by atoms with van der Waals surface area (Å²) in [5.41, 5.74) is 0.386. The van der Waals surface area contributed by atoms with E-state index in [9.17, 15) is 5.11 Å². The number of hydrogen-bond donors (Lipinski definition) is 1. The molecule has 0 atom stereocenters. The van der Waals surface area contributed by atoms with Crippen molar-refractivity contribution in [2.45, 2.75) is 76.7 Å². The monoisotopic (exact) mass is 330 g/mol. The summed E-state index contributed by atoms with van der Waals surface area (Å²) in [7, 11) is 1.69. The standard InChI is InChI=1S/C22H34O2/c1-3-5-17-8-10-18(11-9-17)19-12-14-22(23,15-13-19)20-6-4-7-21(16-20)24-2/h4,6-7,16-19,23H,3,5,8-15H2,1-2H3. The van der Waals surface area contributed by atoms with Gasteiger partial charge in [-0.05, 0) is 74.0 Å². The number of methoxy groups -OCH3 is 1. The van der Waals surface area contributed by atoms with Crippen LogP contribution in [0.3, 0.4) is 0 Å². The lowest BCUT2D eigenvalue weighted by molar-refractivity contribution is -0.0261. The summed E-state index contributed by atoms with van der Waals surface area (Å²) >= 11 is 0. The first kappa shape index (κ1) is 17.8. The van der Waals surface area contributed by atoms with E-state index in [1.54, 1.807) is 7.11 Å². The molecule has 1 aromatic carbocycles. The summed E-state index contributed by atoms with van der Waals surface area (Å²) in [4.78, 5) is 0. The molecule has 0 unspecified atom stereocenters. The lowest BCUT2D eigenvalue weighted by Crippen LogP contribution is -2.34. The van der Waals surface area contributed by atoms with Gasteiger partial charge in [0.1, 0.15) is 5.75 Å². The predicted molar refractivity (Wildman–Crippen MR) is 99.2 cm³/mol. The molecule has 2 nitrogen and oxygen atoms in total. The molecule has 2 aliphatic rings. The van der Waals surface area contributed by atoms with Crippen LogP contribution in [0.5, 0.6) is 5.75 Å². The van der Waals surface area contributed by atoms with E-state index in [2.05, 4.69) is 13.0 Å². The maximum absolute atomic E-state index is 11.1. The minimum atomic E-state index is -0.648. The molecule has 1 N–H and O–H groups in total. The maximum atomic E-state index is 11.1. The Bertz CT molecular complexity index is 508. The minimum Gasteiger partial charge on any atom is -0.497 e. The second-order valence-electron chi connectivity index (χ2n) is 8.17. The van der Waals surface area contributed by atoms with E-state index in [-0.39, 0.29) is 0 Å². The van der Waals surface area contributed by atoms with Crippen molar-refractivity contribution in [3.8, 4) is 5.75 Å². The highest BCUT2D eigenvalue weighted by atomic mass is 16.5. The highest BCUT2D eigenvalue weighted by Crippen LogP contribution is 2.46. The number of aliphatic hydroxyl groups is 1. The first-order valence-corrected chi connectivity index (χ1v) is 10.0. The molecular formula is C22H34O2. The van der Waals surface area contributed by atoms with E-state index in [4.69, 9.17) is 4.74 Å². The summed E-state index contributed by atoms with van der Waals surface area (Å²) < 4.78 is 5.33. The minimum absolute atomic E-state index is 0.648. The van der Waals surface area contributed by atoms with Gasteiger partial charge in [0.25, 0.3) is 0 Å². The van der Waals surface area contributed by atoms with E-state index in [0.717, 1.165) is 41.9 Å². The second kappa shape index (κ2) is 7.91. The Labute approximate surface area is 147 Å². The largest absolute Gasteiger partial charge is 0.497 e. The van der Waals surface area contributed by atoms with Gasteiger partial charge in [-0.3, -0.25) is 0 Å². The molecule has 2 saturated carbocycles. The van der Waals surface area contributed by atoms with E-state index in [1.807, 2.05) is 18.2 Å². The van der Waals surface area contributed by atoms with Crippen molar-refractivity contribution in [2.75, 3.05) is 7.11 Å². The number of benzene rings is 1. The Morgan fingerprint density at radius 1 is 1.04 bits per heavy atom. The van der Waals surface area contributed by atoms with Crippen molar-refractivity contribution >= 4 is 0 Å². The molecule has 134 valence electrons. The lowest BCUT2D eigenvalue weighted by atomic mass is 9.66. The van der Waals surface area contributed by atoms with E-state index in [0.29, 0.717) is 0 Å². The average molecular weight is 331 g/mol. The van der Waals surface area contributed by atoms with Gasteiger partial charge in [-0.1, -0.05) is 44.7 Å². The number of rotatable bonds is 5. The van der Waals surface area contributed by atoms with Gasteiger partial charge in [-0.15, -0.1) is 0 Å². The van der Waals surface area contributed by atoms with E-state index >= 15 is 0 Å². The normalized spacial score (nSPS) is 34.0. The SMILES string of the molecule is CCCC1CCC(C2CCC(O)(c3cccc(OC)c3)CC2)CC1. The van der Waals surface area contributed by atoms with Crippen molar-refractivity contribution in [2.24, 2.45) is 17.8 Å². The second-order valence-corrected chi connectivity index (χ2v) is 8.17. The Hall–Kier alpha value is -1.02. The summed E-state index contributed by atoms with van der Waals surface area (Å²) in [6.45, 7) is 2.31. The Balaban J connectivity index is 1.55. The molecule has 0 bridgehead atoms. The van der Waals surface area contributed by atoms with Crippen LogP contribution in [-0.4, -0.2) is 12.2 Å². The molecule has 0 aliphatic heterocycles. The van der Waals surface area contributed by atoms with Gasteiger partial charge >= 0.3 is 0 Å². The number of ether oxygens (including phenoxy) is 1. The van der Waals surface area contributed by atoms with Crippen LogP contribution in [0.15, 0.2) is 24.3 Å². The van der Waals surface area contributed by atoms with Crippen LogP contribution in [-0.2, 0) is 5.60 Å². The van der Waals surface area contributed by atoms with Crippen LogP contribution in [0.1, 0.15) is 76.7 Å². The van der Waals surface area contributed by atoms with Crippen molar-refractivity contribution in [1.29, 1.82) is 0 Å². The fraction of sp³-hybridized carbons (Fsp3) is 0.727. The molecule has 0 amide bonds. The molecule has 0 spiro atoms. The molecule has 24 heavy (non-hydrogen) atoms. The van der Waals surface area contributed by atoms with Crippen molar-refractivity contribution in [1.82, 2.24) is 0 Å². The van der Waals surface area contributed by atoms with Crippen molar-refractivity contribution in [3.63, 3.8) is 0 Å². The van der Waals surface area contributed by atoms with Crippen molar-refractivity contribution in [3.05, 3.63) is 29.8 Å². The molecule has 1 aromatic rings. The van der Waals surface area contributed by atoms with Gasteiger partial charge in [0.05, 0.1) is 12.7 Å². The smallest absolute Gasteiger partial charge is 0.119 e. The first-order valence-electron chi connectivity index (χ1n) is 10.0. The van der Waals surface area contributed by atoms with Crippen LogP contribution in [0.4, 0.5) is 0 Å². The summed E-state index contributed by atoms with van der Waals surface area (Å²) in [5.74, 6) is 3.58. The average Bonchev–Trinajstić information content (AvgIpc) is 2.63. The molecule has 0 radical (unpaired) electrons. The highest BCUT2D eigenvalue weighted by molar-refractivity contribution is 5.32. The topological polar surface area (TPSA) is 29.5 Å². The first-order chi connectivity index (χ1) is 11.6. The molecule has 0 saturated heterocycles. The number of hydrogen-bond acceptors (Lipinski definition) is 2. The Morgan fingerprint density at radius 3 is 2.33 bits per heavy atom. The summed E-state index contributed by atoms with van der Waals surface area (Å²) in [6.07, 6.45) is 12.6. The molecule has 2 aliphatic carbocycles. The predicted octanol–water partition coefficient (Wildman–Crippen LogP) is 5.68. The van der Waals surface area contributed by atoms with Crippen LogP contribution < -0.4 is 4.74 Å². The van der Waals surface area contributed by atoms with Crippen molar-refractivity contribution < 1.29 is 9.84 Å². The van der Waals surface area contributed by atoms with Gasteiger partial charge in [0, 0.05) is 0 Å². The molecule has 2 fully saturated rings. The third-order valence-electron chi connectivity index (χ3n) is 6.72. The van der Waals surface area contributed by atoms with Crippen LogP contribution in [0.2, 0.25) is 0 Å². The summed E-state index contributed by atoms with van der Waals surface area (Å²) in [5, 5.41) is 11.1. The zero-order chi connectivity index (χ0) is 17.0. The van der Waals surface area contributed by atoms with Crippen LogP contribution in [0.25, 0.3) is 0 Å². The Morgan fingerprint density at radius 2 is 1.71 bits per heavy atom. The molecule has 2 heteroatoms. The van der Waals surface area contributed by atoms with Gasteiger partial charge in [0.2, 0.25) is 0 Å². The van der Waals surface area contributed by atoms with Gasteiger partial charge in [0.15, 0.2) is 0 Å². The quantitative estimate of drug-likeness (QED) is 0.752. The zero-order valence-corrected chi connectivity index (χ0v) is 15.5. The van der Waals surface area contributed by atoms with Gasteiger partial charge < -0.3 is 9.84 Å². The molecular weight excluding hydrogens is 296 g/mol. The zero-order valence-electron chi connectivity index (χ0n) is 15.5. The lowest BCUT2D eigenvalue weighted by Gasteiger charge is -2.41. The van der Waals surface area contributed by atoms with Crippen LogP contribution >= 0.6 is 0 Å². The highest BCUT2D eigenvalue weighted by Gasteiger charge is 2.38. The van der Waals surface area contributed by atoms with Gasteiger partial charge in [-0.2, -0.15) is 0 Å². The molecule has 0 aromatic heterocycles. The molecule has 0 heterocycles.